The highest BCUT2D eigenvalue weighted by molar-refractivity contribution is 6.37. The molecule has 0 aromatic heterocycles. The first-order chi connectivity index (χ1) is 17.2. The zero-order valence-corrected chi connectivity index (χ0v) is 20.4. The van der Waals surface area contributed by atoms with E-state index >= 15 is 0 Å². The van der Waals surface area contributed by atoms with Crippen LogP contribution < -0.4 is 16.4 Å². The summed E-state index contributed by atoms with van der Waals surface area (Å²) < 4.78 is 13.8. The van der Waals surface area contributed by atoms with Gasteiger partial charge in [-0.15, -0.1) is 0 Å². The van der Waals surface area contributed by atoms with Crippen LogP contribution in [0.4, 0.5) is 15.8 Å². The third-order valence-corrected chi connectivity index (χ3v) is 6.43. The van der Waals surface area contributed by atoms with E-state index in [9.17, 15) is 14.0 Å². The van der Waals surface area contributed by atoms with E-state index in [1.807, 2.05) is 55.5 Å². The molecule has 5 N–H and O–H groups in total. The number of anilines is 2. The summed E-state index contributed by atoms with van der Waals surface area (Å²) in [6.45, 7) is 4.11. The molecule has 0 radical (unpaired) electrons. The Bertz CT molecular complexity index is 1310. The predicted molar refractivity (Wildman–Crippen MR) is 141 cm³/mol. The number of aryl methyl sites for hydroxylation is 1. The van der Waals surface area contributed by atoms with E-state index in [4.69, 9.17) is 10.8 Å². The van der Waals surface area contributed by atoms with Gasteiger partial charge in [0, 0.05) is 23.2 Å². The Kier molecular flexibility index (Phi) is 7.22. The lowest BCUT2D eigenvalue weighted by Crippen LogP contribution is -2.32. The number of hydrogen-bond acceptors (Lipinski definition) is 4. The highest BCUT2D eigenvalue weighted by atomic mass is 19.1. The number of carbonyl (C=O) groups excluding carboxylic acids is 1. The molecular formula is C29H30FN3O3. The Morgan fingerprint density at radius 2 is 1.78 bits per heavy atom. The number of carbonyl (C=O) groups is 2. The summed E-state index contributed by atoms with van der Waals surface area (Å²) in [5.74, 6) is -1.62. The maximum atomic E-state index is 13.8. The van der Waals surface area contributed by atoms with Gasteiger partial charge < -0.3 is 21.5 Å². The smallest absolute Gasteiger partial charge is 0.303 e. The van der Waals surface area contributed by atoms with Crippen LogP contribution in [0.5, 0.6) is 0 Å². The summed E-state index contributed by atoms with van der Waals surface area (Å²) in [6.07, 6.45) is 2.28. The lowest BCUT2D eigenvalue weighted by molar-refractivity contribution is -0.137. The lowest BCUT2D eigenvalue weighted by atomic mass is 9.88. The van der Waals surface area contributed by atoms with Crippen molar-refractivity contribution in [3.63, 3.8) is 0 Å². The van der Waals surface area contributed by atoms with Crippen molar-refractivity contribution in [2.45, 2.75) is 45.1 Å². The topological polar surface area (TPSA) is 104 Å². The molecule has 1 amide bonds. The summed E-state index contributed by atoms with van der Waals surface area (Å²) >= 11 is 0. The first-order valence-corrected chi connectivity index (χ1v) is 12.0. The number of hydrogen-bond donors (Lipinski definition) is 4. The van der Waals surface area contributed by atoms with Crippen molar-refractivity contribution < 1.29 is 19.1 Å². The van der Waals surface area contributed by atoms with E-state index in [1.165, 1.54) is 12.1 Å². The second-order valence-corrected chi connectivity index (χ2v) is 9.35. The molecular weight excluding hydrogens is 457 g/mol. The normalized spacial score (nSPS) is 15.6. The van der Waals surface area contributed by atoms with Crippen LogP contribution >= 0.6 is 0 Å². The van der Waals surface area contributed by atoms with Crippen molar-refractivity contribution in [3.05, 3.63) is 94.8 Å². The number of nitrogens with two attached hydrogens (primary N) is 1. The van der Waals surface area contributed by atoms with Crippen molar-refractivity contribution in [2.75, 3.05) is 10.6 Å². The standard InChI is InChI=1S/C29H30FN3O3/c1-3-16-29(2,31)20-9-12-22(13-10-20)32-27(19-7-4-18(5-8-19)6-15-25(34)35)26-23-14-11-21(30)17-24(23)33-28(26)36/h4-5,7-14,17,32H,3,6,15-16,31H2,1-2H3,(H,33,36)(H,34,35)/b27-26-. The Labute approximate surface area is 210 Å². The number of carboxylic acid groups (broad SMARTS) is 1. The van der Waals surface area contributed by atoms with Gasteiger partial charge in [0.1, 0.15) is 5.82 Å². The van der Waals surface area contributed by atoms with Gasteiger partial charge in [0.2, 0.25) is 0 Å². The first kappa shape index (κ1) is 25.1. The van der Waals surface area contributed by atoms with Crippen LogP contribution in [-0.4, -0.2) is 17.0 Å². The maximum absolute atomic E-state index is 13.8. The zero-order valence-electron chi connectivity index (χ0n) is 20.4. The van der Waals surface area contributed by atoms with Crippen LogP contribution in [-0.2, 0) is 21.5 Å². The molecule has 4 rings (SSSR count). The van der Waals surface area contributed by atoms with Crippen LogP contribution in [0.3, 0.4) is 0 Å². The molecule has 1 aliphatic rings. The van der Waals surface area contributed by atoms with Crippen LogP contribution in [0.2, 0.25) is 0 Å². The second kappa shape index (κ2) is 10.3. The monoisotopic (exact) mass is 487 g/mol. The molecule has 0 fully saturated rings. The number of aliphatic carboxylic acids is 1. The lowest BCUT2D eigenvalue weighted by Gasteiger charge is -2.25. The van der Waals surface area contributed by atoms with Gasteiger partial charge >= 0.3 is 5.97 Å². The van der Waals surface area contributed by atoms with Gasteiger partial charge in [-0.25, -0.2) is 4.39 Å². The van der Waals surface area contributed by atoms with Crippen molar-refractivity contribution in [3.8, 4) is 0 Å². The third-order valence-electron chi connectivity index (χ3n) is 6.43. The molecule has 7 heteroatoms. The number of rotatable bonds is 9. The van der Waals surface area contributed by atoms with Gasteiger partial charge in [-0.3, -0.25) is 9.59 Å². The Morgan fingerprint density at radius 3 is 2.42 bits per heavy atom. The average Bonchev–Trinajstić information content (AvgIpc) is 3.16. The average molecular weight is 488 g/mol. The minimum atomic E-state index is -0.856. The Hall–Kier alpha value is -3.97. The van der Waals surface area contributed by atoms with Crippen molar-refractivity contribution in [1.29, 1.82) is 0 Å². The maximum Gasteiger partial charge on any atom is 0.303 e. The molecule has 1 atom stereocenters. The third kappa shape index (κ3) is 5.47. The quantitative estimate of drug-likeness (QED) is 0.288. The van der Waals surface area contributed by atoms with Crippen LogP contribution in [0.1, 0.15) is 55.4 Å². The van der Waals surface area contributed by atoms with E-state index in [0.29, 0.717) is 28.9 Å². The van der Waals surface area contributed by atoms with E-state index < -0.39 is 17.3 Å². The van der Waals surface area contributed by atoms with Gasteiger partial charge in [-0.05, 0) is 66.8 Å². The molecule has 186 valence electrons. The minimum absolute atomic E-state index is 0.0390. The zero-order chi connectivity index (χ0) is 25.9. The minimum Gasteiger partial charge on any atom is -0.481 e. The molecule has 0 aliphatic carbocycles. The molecule has 1 aliphatic heterocycles. The summed E-state index contributed by atoms with van der Waals surface area (Å²) in [6, 6.07) is 19.5. The van der Waals surface area contributed by atoms with Crippen molar-refractivity contribution in [1.82, 2.24) is 0 Å². The molecule has 0 saturated carbocycles. The fourth-order valence-electron chi connectivity index (χ4n) is 4.50. The van der Waals surface area contributed by atoms with E-state index in [-0.39, 0.29) is 12.3 Å². The number of benzene rings is 3. The number of halogens is 1. The molecule has 6 nitrogen and oxygen atoms in total. The van der Waals surface area contributed by atoms with Crippen molar-refractivity contribution in [2.24, 2.45) is 5.73 Å². The van der Waals surface area contributed by atoms with E-state index in [2.05, 4.69) is 17.6 Å². The highest BCUT2D eigenvalue weighted by Gasteiger charge is 2.29. The van der Waals surface area contributed by atoms with Gasteiger partial charge in [0.25, 0.3) is 5.91 Å². The second-order valence-electron chi connectivity index (χ2n) is 9.35. The summed E-state index contributed by atoms with van der Waals surface area (Å²) in [5, 5.41) is 15.1. The molecule has 0 spiro atoms. The Morgan fingerprint density at radius 1 is 1.08 bits per heavy atom. The molecule has 0 saturated heterocycles. The van der Waals surface area contributed by atoms with Gasteiger partial charge in [0.15, 0.2) is 0 Å². The number of fused-ring (bicyclic) bond motifs is 1. The molecule has 3 aromatic rings. The number of amides is 1. The van der Waals surface area contributed by atoms with Crippen LogP contribution in [0.15, 0.2) is 66.7 Å². The highest BCUT2D eigenvalue weighted by Crippen LogP contribution is 2.38. The molecule has 1 heterocycles. The molecule has 1 unspecified atom stereocenters. The summed E-state index contributed by atoms with van der Waals surface area (Å²) in [4.78, 5) is 24.0. The van der Waals surface area contributed by atoms with Gasteiger partial charge in [-0.2, -0.15) is 0 Å². The SMILES string of the molecule is CCCC(C)(N)c1ccc(N/C(=C2\C(=O)Nc3cc(F)ccc32)c2ccc(CCC(=O)O)cc2)cc1. The summed E-state index contributed by atoms with van der Waals surface area (Å²) in [7, 11) is 0. The molecule has 0 bridgehead atoms. The van der Waals surface area contributed by atoms with E-state index in [1.54, 1.807) is 6.07 Å². The molecule has 36 heavy (non-hydrogen) atoms. The first-order valence-electron chi connectivity index (χ1n) is 12.0. The van der Waals surface area contributed by atoms with Crippen molar-refractivity contribution >= 4 is 34.5 Å². The molecule has 3 aromatic carbocycles. The fourth-order valence-corrected chi connectivity index (χ4v) is 4.50. The van der Waals surface area contributed by atoms with Crippen LogP contribution in [0.25, 0.3) is 11.3 Å². The number of carboxylic acids is 1. The number of nitrogens with one attached hydrogen (secondary N) is 2. The van der Waals surface area contributed by atoms with E-state index in [0.717, 1.165) is 35.2 Å². The predicted octanol–water partition coefficient (Wildman–Crippen LogP) is 5.75. The Balaban J connectivity index is 1.74. The summed E-state index contributed by atoms with van der Waals surface area (Å²) in [5.41, 5.74) is 11.5. The van der Waals surface area contributed by atoms with Gasteiger partial charge in [0.05, 0.1) is 17.0 Å². The van der Waals surface area contributed by atoms with Crippen LogP contribution in [0, 0.1) is 5.82 Å². The fraction of sp³-hybridized carbons (Fsp3) is 0.241. The largest absolute Gasteiger partial charge is 0.481 e. The van der Waals surface area contributed by atoms with Gasteiger partial charge in [-0.1, -0.05) is 49.7 Å².